The Bertz CT molecular complexity index is 356. The lowest BCUT2D eigenvalue weighted by atomic mass is 10.0. The molecule has 0 aromatic rings. The van der Waals surface area contributed by atoms with Crippen molar-refractivity contribution in [3.8, 4) is 0 Å². The van der Waals surface area contributed by atoms with Crippen LogP contribution >= 0.6 is 0 Å². The second-order valence-corrected chi connectivity index (χ2v) is 5.55. The molecule has 0 saturated carbocycles. The summed E-state index contributed by atoms with van der Waals surface area (Å²) >= 11 is 0. The summed E-state index contributed by atoms with van der Waals surface area (Å²) in [6, 6.07) is 0. The van der Waals surface area contributed by atoms with Crippen LogP contribution in [0.1, 0.15) is 19.8 Å². The molecule has 0 bridgehead atoms. The first-order valence-corrected chi connectivity index (χ1v) is 6.99. The van der Waals surface area contributed by atoms with Crippen LogP contribution in [0.3, 0.4) is 0 Å². The third-order valence-corrected chi connectivity index (χ3v) is 4.00. The molecule has 1 unspecified atom stereocenters. The van der Waals surface area contributed by atoms with Crippen LogP contribution in [-0.2, 0) is 14.9 Å². The van der Waals surface area contributed by atoms with Crippen molar-refractivity contribution in [1.82, 2.24) is 9.03 Å². The van der Waals surface area contributed by atoms with Crippen molar-refractivity contribution in [1.29, 1.82) is 0 Å². The number of rotatable bonds is 4. The summed E-state index contributed by atoms with van der Waals surface area (Å²) in [4.78, 5) is 11.1. The molecular formula is C9H18N2O5S. The van der Waals surface area contributed by atoms with E-state index in [-0.39, 0.29) is 25.7 Å². The van der Waals surface area contributed by atoms with Gasteiger partial charge < -0.3 is 9.84 Å². The number of amides is 1. The molecule has 1 aliphatic heterocycles. The molecule has 7 nitrogen and oxygen atoms in total. The van der Waals surface area contributed by atoms with Crippen molar-refractivity contribution in [2.75, 3.05) is 26.3 Å². The third kappa shape index (κ3) is 4.14. The Hall–Kier alpha value is -0.860. The van der Waals surface area contributed by atoms with E-state index in [1.165, 1.54) is 0 Å². The van der Waals surface area contributed by atoms with Crippen LogP contribution in [0.4, 0.5) is 4.79 Å². The van der Waals surface area contributed by atoms with Crippen LogP contribution < -0.4 is 4.72 Å². The average Bonchev–Trinajstić information content (AvgIpc) is 2.28. The Morgan fingerprint density at radius 1 is 1.59 bits per heavy atom. The predicted molar refractivity (Wildman–Crippen MR) is 60.5 cm³/mol. The smallest absolute Gasteiger partial charge is 0.421 e. The van der Waals surface area contributed by atoms with E-state index in [1.54, 1.807) is 6.92 Å². The van der Waals surface area contributed by atoms with Gasteiger partial charge in [0.05, 0.1) is 6.61 Å². The Morgan fingerprint density at radius 3 is 2.88 bits per heavy atom. The monoisotopic (exact) mass is 266 g/mol. The number of aliphatic hydroxyl groups excluding tert-OH is 1. The average molecular weight is 266 g/mol. The van der Waals surface area contributed by atoms with Gasteiger partial charge in [-0.05, 0) is 25.7 Å². The zero-order valence-corrected chi connectivity index (χ0v) is 10.6. The van der Waals surface area contributed by atoms with Gasteiger partial charge in [-0.25, -0.2) is 9.52 Å². The van der Waals surface area contributed by atoms with E-state index in [1.807, 2.05) is 4.72 Å². The first-order valence-electron chi connectivity index (χ1n) is 5.55. The highest BCUT2D eigenvalue weighted by atomic mass is 32.2. The fourth-order valence-electron chi connectivity index (χ4n) is 1.72. The zero-order valence-electron chi connectivity index (χ0n) is 9.76. The molecule has 2 N–H and O–H groups in total. The molecule has 100 valence electrons. The maximum absolute atomic E-state index is 11.8. The molecule has 0 aromatic carbocycles. The van der Waals surface area contributed by atoms with Crippen LogP contribution in [0.2, 0.25) is 0 Å². The van der Waals surface area contributed by atoms with Gasteiger partial charge in [-0.3, -0.25) is 0 Å². The fraction of sp³-hybridized carbons (Fsp3) is 0.889. The van der Waals surface area contributed by atoms with Crippen molar-refractivity contribution < 1.29 is 23.1 Å². The Morgan fingerprint density at radius 2 is 2.29 bits per heavy atom. The molecule has 0 radical (unpaired) electrons. The van der Waals surface area contributed by atoms with E-state index in [2.05, 4.69) is 4.74 Å². The lowest BCUT2D eigenvalue weighted by Gasteiger charge is -2.30. The highest BCUT2D eigenvalue weighted by Gasteiger charge is 2.30. The molecule has 1 rings (SSSR count). The van der Waals surface area contributed by atoms with E-state index in [0.717, 1.165) is 10.7 Å². The molecule has 0 spiro atoms. The van der Waals surface area contributed by atoms with Crippen LogP contribution in [0.25, 0.3) is 0 Å². The third-order valence-electron chi connectivity index (χ3n) is 2.57. The van der Waals surface area contributed by atoms with E-state index in [9.17, 15) is 13.2 Å². The van der Waals surface area contributed by atoms with Crippen molar-refractivity contribution >= 4 is 16.3 Å². The number of carbonyl (C=O) groups excluding carboxylic acids is 1. The number of aliphatic hydroxyl groups is 1. The van der Waals surface area contributed by atoms with Crippen LogP contribution in [0, 0.1) is 5.92 Å². The molecule has 1 heterocycles. The molecule has 8 heteroatoms. The minimum Gasteiger partial charge on any atom is -0.449 e. The van der Waals surface area contributed by atoms with Gasteiger partial charge in [-0.2, -0.15) is 12.7 Å². The minimum atomic E-state index is -3.85. The highest BCUT2D eigenvalue weighted by Crippen LogP contribution is 2.17. The molecule has 1 fully saturated rings. The SMILES string of the molecule is CCOC(=O)NS(=O)(=O)N1CCCC(CO)C1. The molecular weight excluding hydrogens is 248 g/mol. The van der Waals surface area contributed by atoms with Crippen LogP contribution in [0.5, 0.6) is 0 Å². The molecule has 1 saturated heterocycles. The van der Waals surface area contributed by atoms with Crippen molar-refractivity contribution in [3.63, 3.8) is 0 Å². The van der Waals surface area contributed by atoms with E-state index in [0.29, 0.717) is 13.0 Å². The van der Waals surface area contributed by atoms with Gasteiger partial charge in [0.25, 0.3) is 0 Å². The minimum absolute atomic E-state index is 0.0502. The Labute approximate surface area is 101 Å². The Kier molecular flexibility index (Phi) is 5.16. The molecule has 1 aliphatic rings. The number of ether oxygens (including phenoxy) is 1. The van der Waals surface area contributed by atoms with Crippen LogP contribution in [0.15, 0.2) is 0 Å². The van der Waals surface area contributed by atoms with Crippen molar-refractivity contribution in [2.24, 2.45) is 5.92 Å². The summed E-state index contributed by atoms with van der Waals surface area (Å²) in [7, 11) is -3.85. The number of nitrogens with one attached hydrogen (secondary N) is 1. The summed E-state index contributed by atoms with van der Waals surface area (Å²) in [5, 5.41) is 9.01. The normalized spacial score (nSPS) is 22.1. The quantitative estimate of drug-likeness (QED) is 0.727. The van der Waals surface area contributed by atoms with E-state index >= 15 is 0 Å². The first kappa shape index (κ1) is 14.2. The van der Waals surface area contributed by atoms with Gasteiger partial charge in [0, 0.05) is 19.7 Å². The number of hydrogen-bond donors (Lipinski definition) is 2. The summed E-state index contributed by atoms with van der Waals surface area (Å²) < 4.78 is 31.0. The first-order chi connectivity index (χ1) is 7.99. The van der Waals surface area contributed by atoms with Gasteiger partial charge in [0.2, 0.25) is 0 Å². The molecule has 1 amide bonds. The number of hydrogen-bond acceptors (Lipinski definition) is 5. The van der Waals surface area contributed by atoms with Gasteiger partial charge in [-0.1, -0.05) is 0 Å². The number of carbonyl (C=O) groups is 1. The van der Waals surface area contributed by atoms with Gasteiger partial charge in [0.15, 0.2) is 0 Å². The maximum atomic E-state index is 11.8. The largest absolute Gasteiger partial charge is 0.449 e. The fourth-order valence-corrected chi connectivity index (χ4v) is 2.90. The van der Waals surface area contributed by atoms with Crippen LogP contribution in [-0.4, -0.2) is 50.2 Å². The predicted octanol–water partition coefficient (Wildman–Crippen LogP) is -0.318. The van der Waals surface area contributed by atoms with Gasteiger partial charge in [0.1, 0.15) is 0 Å². The van der Waals surface area contributed by atoms with Gasteiger partial charge >= 0.3 is 16.3 Å². The second kappa shape index (κ2) is 6.18. The molecule has 1 atom stereocenters. The van der Waals surface area contributed by atoms with E-state index < -0.39 is 16.3 Å². The summed E-state index contributed by atoms with van der Waals surface area (Å²) in [5.74, 6) is -0.0671. The number of nitrogens with zero attached hydrogens (tertiary/aromatic N) is 1. The molecule has 17 heavy (non-hydrogen) atoms. The lowest BCUT2D eigenvalue weighted by molar-refractivity contribution is 0.153. The highest BCUT2D eigenvalue weighted by molar-refractivity contribution is 7.87. The molecule has 0 aromatic heterocycles. The standard InChI is InChI=1S/C9H18N2O5S/c1-2-16-9(13)10-17(14,15)11-5-3-4-8(6-11)7-12/h8,12H,2-7H2,1H3,(H,10,13). The van der Waals surface area contributed by atoms with Crippen molar-refractivity contribution in [3.05, 3.63) is 0 Å². The topological polar surface area (TPSA) is 95.9 Å². The zero-order chi connectivity index (χ0) is 12.9. The molecule has 0 aliphatic carbocycles. The van der Waals surface area contributed by atoms with E-state index in [4.69, 9.17) is 5.11 Å². The summed E-state index contributed by atoms with van der Waals surface area (Å²) in [5.41, 5.74) is 0. The summed E-state index contributed by atoms with van der Waals surface area (Å²) in [6.07, 6.45) is 0.496. The Balaban J connectivity index is 2.60. The number of piperidine rings is 1. The summed E-state index contributed by atoms with van der Waals surface area (Å²) in [6.45, 7) is 2.23. The lowest BCUT2D eigenvalue weighted by Crippen LogP contribution is -2.48. The van der Waals surface area contributed by atoms with Gasteiger partial charge in [-0.15, -0.1) is 0 Å². The van der Waals surface area contributed by atoms with Crippen molar-refractivity contribution in [2.45, 2.75) is 19.8 Å². The second-order valence-electron chi connectivity index (χ2n) is 3.88. The maximum Gasteiger partial charge on any atom is 0.421 e.